The highest BCUT2D eigenvalue weighted by atomic mass is 16.6. The summed E-state index contributed by atoms with van der Waals surface area (Å²) in [6.07, 6.45) is 6.89. The average molecular weight is 332 g/mol. The van der Waals surface area contributed by atoms with Gasteiger partial charge in [-0.2, -0.15) is 0 Å². The number of aliphatic hydroxyl groups is 1. The molecular formula is C20H28O4. The second-order valence-corrected chi connectivity index (χ2v) is 8.67. The van der Waals surface area contributed by atoms with Crippen molar-refractivity contribution in [1.82, 2.24) is 0 Å². The highest BCUT2D eigenvalue weighted by Crippen LogP contribution is 2.59. The molecule has 0 bridgehead atoms. The maximum atomic E-state index is 12.8. The monoisotopic (exact) mass is 332 g/mol. The highest BCUT2D eigenvalue weighted by Gasteiger charge is 2.55. The number of aliphatic hydroxyl groups excluding tert-OH is 1. The van der Waals surface area contributed by atoms with Crippen molar-refractivity contribution < 1.29 is 19.4 Å². The van der Waals surface area contributed by atoms with Crippen LogP contribution < -0.4 is 0 Å². The molecular weight excluding hydrogens is 304 g/mol. The number of esters is 1. The van der Waals surface area contributed by atoms with Gasteiger partial charge >= 0.3 is 5.97 Å². The van der Waals surface area contributed by atoms with E-state index in [1.54, 1.807) is 0 Å². The Hall–Kier alpha value is -1.42. The summed E-state index contributed by atoms with van der Waals surface area (Å²) in [7, 11) is 0. The largest absolute Gasteiger partial charge is 0.429 e. The summed E-state index contributed by atoms with van der Waals surface area (Å²) >= 11 is 0. The van der Waals surface area contributed by atoms with Crippen LogP contribution in [0, 0.1) is 22.7 Å². The van der Waals surface area contributed by atoms with Crippen LogP contribution in [0.2, 0.25) is 0 Å². The first-order valence-electron chi connectivity index (χ1n) is 8.96. The molecule has 24 heavy (non-hydrogen) atoms. The smallest absolute Gasteiger partial charge is 0.333 e. The predicted molar refractivity (Wildman–Crippen MR) is 90.9 cm³/mol. The third-order valence-electron chi connectivity index (χ3n) is 6.55. The number of ketones is 1. The highest BCUT2D eigenvalue weighted by molar-refractivity contribution is 5.95. The molecule has 1 saturated carbocycles. The van der Waals surface area contributed by atoms with Gasteiger partial charge in [-0.3, -0.25) is 4.79 Å². The van der Waals surface area contributed by atoms with Crippen molar-refractivity contribution in [3.05, 3.63) is 23.3 Å². The Bertz CT molecular complexity index is 628. The molecule has 0 spiro atoms. The summed E-state index contributed by atoms with van der Waals surface area (Å²) in [5.41, 5.74) is 1.76. The van der Waals surface area contributed by atoms with Crippen LogP contribution in [0.15, 0.2) is 23.3 Å². The van der Waals surface area contributed by atoms with E-state index in [-0.39, 0.29) is 22.5 Å². The molecule has 0 aromatic rings. The van der Waals surface area contributed by atoms with Crippen molar-refractivity contribution >= 4 is 11.8 Å². The fourth-order valence-electron chi connectivity index (χ4n) is 5.63. The lowest BCUT2D eigenvalue weighted by molar-refractivity contribution is -0.151. The van der Waals surface area contributed by atoms with Gasteiger partial charge in [-0.05, 0) is 55.4 Å². The van der Waals surface area contributed by atoms with Crippen molar-refractivity contribution in [3.8, 4) is 0 Å². The third-order valence-corrected chi connectivity index (χ3v) is 6.55. The molecule has 1 fully saturated rings. The maximum absolute atomic E-state index is 12.8. The van der Waals surface area contributed by atoms with E-state index in [2.05, 4.69) is 20.8 Å². The predicted octanol–water partition coefficient (Wildman–Crippen LogP) is 3.55. The fraction of sp³-hybridized carbons (Fsp3) is 0.700. The number of allylic oxidation sites excluding steroid dienone is 2. The molecule has 3 rings (SSSR count). The Balaban J connectivity index is 1.86. The number of fused-ring (bicyclic) bond motifs is 1. The van der Waals surface area contributed by atoms with Crippen LogP contribution in [-0.2, 0) is 14.3 Å². The zero-order chi connectivity index (χ0) is 17.7. The van der Waals surface area contributed by atoms with E-state index in [1.165, 1.54) is 6.08 Å². The molecule has 1 aliphatic heterocycles. The summed E-state index contributed by atoms with van der Waals surface area (Å²) in [5.74, 6) is 0.150. The lowest BCUT2D eigenvalue weighted by Crippen LogP contribution is -2.52. The van der Waals surface area contributed by atoms with Crippen molar-refractivity contribution in [2.45, 2.75) is 66.1 Å². The van der Waals surface area contributed by atoms with Gasteiger partial charge in [0.2, 0.25) is 6.29 Å². The molecule has 4 heteroatoms. The second-order valence-electron chi connectivity index (χ2n) is 8.67. The van der Waals surface area contributed by atoms with E-state index in [0.717, 1.165) is 31.3 Å². The first-order valence-corrected chi connectivity index (χ1v) is 8.96. The topological polar surface area (TPSA) is 63.6 Å². The molecule has 4 nitrogen and oxygen atoms in total. The molecule has 2 aliphatic carbocycles. The minimum atomic E-state index is -1.10. The molecule has 0 aromatic heterocycles. The lowest BCUT2D eigenvalue weighted by Gasteiger charge is -2.55. The molecule has 1 heterocycles. The number of hydrogen-bond acceptors (Lipinski definition) is 4. The van der Waals surface area contributed by atoms with Gasteiger partial charge in [-0.15, -0.1) is 0 Å². The quantitative estimate of drug-likeness (QED) is 0.803. The Labute approximate surface area is 144 Å². The number of carbonyl (C=O) groups excluding carboxylic acids is 2. The van der Waals surface area contributed by atoms with Crippen LogP contribution >= 0.6 is 0 Å². The Morgan fingerprint density at radius 3 is 2.54 bits per heavy atom. The minimum Gasteiger partial charge on any atom is -0.429 e. The maximum Gasteiger partial charge on any atom is 0.333 e. The first-order chi connectivity index (χ1) is 11.1. The lowest BCUT2D eigenvalue weighted by atomic mass is 9.48. The number of ether oxygens (including phenoxy) is 1. The summed E-state index contributed by atoms with van der Waals surface area (Å²) in [6, 6.07) is 0. The van der Waals surface area contributed by atoms with E-state index in [0.29, 0.717) is 17.9 Å². The zero-order valence-electron chi connectivity index (χ0n) is 15.1. The van der Waals surface area contributed by atoms with E-state index >= 15 is 0 Å². The van der Waals surface area contributed by atoms with E-state index < -0.39 is 12.3 Å². The van der Waals surface area contributed by atoms with Crippen LogP contribution in [-0.4, -0.2) is 23.1 Å². The van der Waals surface area contributed by atoms with Gasteiger partial charge in [-0.1, -0.05) is 32.8 Å². The van der Waals surface area contributed by atoms with Gasteiger partial charge in [-0.25, -0.2) is 4.79 Å². The van der Waals surface area contributed by atoms with Gasteiger partial charge in [0.05, 0.1) is 0 Å². The molecule has 1 N–H and O–H groups in total. The molecule has 4 unspecified atom stereocenters. The Kier molecular flexibility index (Phi) is 4.23. The molecule has 4 atom stereocenters. The SMILES string of the molecule is CC1=CC(=O)C2C(C)(C)CCCC2(C)C1CCC1=CC(=O)OC1O. The Morgan fingerprint density at radius 1 is 1.21 bits per heavy atom. The average Bonchev–Trinajstić information content (AvgIpc) is 2.74. The van der Waals surface area contributed by atoms with Crippen molar-refractivity contribution in [2.75, 3.05) is 0 Å². The van der Waals surface area contributed by atoms with Gasteiger partial charge in [0, 0.05) is 17.6 Å². The zero-order valence-corrected chi connectivity index (χ0v) is 15.1. The Morgan fingerprint density at radius 2 is 1.92 bits per heavy atom. The number of cyclic esters (lactones) is 1. The van der Waals surface area contributed by atoms with Crippen LogP contribution in [0.25, 0.3) is 0 Å². The van der Waals surface area contributed by atoms with E-state index in [1.807, 2.05) is 13.0 Å². The van der Waals surface area contributed by atoms with Gasteiger partial charge in [0.15, 0.2) is 5.78 Å². The van der Waals surface area contributed by atoms with Gasteiger partial charge in [0.25, 0.3) is 0 Å². The van der Waals surface area contributed by atoms with Crippen molar-refractivity contribution in [2.24, 2.45) is 22.7 Å². The van der Waals surface area contributed by atoms with Gasteiger partial charge in [0.1, 0.15) is 0 Å². The van der Waals surface area contributed by atoms with Crippen molar-refractivity contribution in [3.63, 3.8) is 0 Å². The standard InChI is InChI=1S/C20H28O4/c1-12-10-15(21)17-19(2,3)8-5-9-20(17,4)14(12)7-6-13-11-16(22)24-18(13)23/h10-11,14,17-18,23H,5-9H2,1-4H3. The van der Waals surface area contributed by atoms with Crippen LogP contribution in [0.3, 0.4) is 0 Å². The normalized spacial score (nSPS) is 38.3. The molecule has 0 aromatic carbocycles. The van der Waals surface area contributed by atoms with E-state index in [4.69, 9.17) is 4.74 Å². The fourth-order valence-corrected chi connectivity index (χ4v) is 5.63. The number of hydrogen-bond donors (Lipinski definition) is 1. The van der Waals surface area contributed by atoms with Crippen LogP contribution in [0.1, 0.15) is 59.8 Å². The molecule has 0 radical (unpaired) electrons. The number of carbonyl (C=O) groups is 2. The summed E-state index contributed by atoms with van der Waals surface area (Å²) in [6.45, 7) is 8.74. The minimum absolute atomic E-state index is 0.0186. The molecule has 0 amide bonds. The first kappa shape index (κ1) is 17.4. The second kappa shape index (κ2) is 5.83. The molecule has 0 saturated heterocycles. The van der Waals surface area contributed by atoms with Crippen LogP contribution in [0.5, 0.6) is 0 Å². The summed E-state index contributed by atoms with van der Waals surface area (Å²) < 4.78 is 4.78. The van der Waals surface area contributed by atoms with Crippen LogP contribution in [0.4, 0.5) is 0 Å². The molecule has 132 valence electrons. The van der Waals surface area contributed by atoms with E-state index in [9.17, 15) is 14.7 Å². The van der Waals surface area contributed by atoms with Gasteiger partial charge < -0.3 is 9.84 Å². The summed E-state index contributed by atoms with van der Waals surface area (Å²) in [5, 5.41) is 9.80. The third kappa shape index (κ3) is 2.75. The van der Waals surface area contributed by atoms with Crippen molar-refractivity contribution in [1.29, 1.82) is 0 Å². The number of rotatable bonds is 3. The molecule has 3 aliphatic rings. The summed E-state index contributed by atoms with van der Waals surface area (Å²) in [4.78, 5) is 24.1.